The zero-order chi connectivity index (χ0) is 27.3. The Labute approximate surface area is 265 Å². The van der Waals surface area contributed by atoms with Gasteiger partial charge in [0.15, 0.2) is 5.78 Å². The number of aliphatic hydroxyl groups excluding tert-OH is 1. The van der Waals surface area contributed by atoms with Crippen LogP contribution in [0.2, 0.25) is 0 Å². The number of pyridine rings is 1. The Balaban J connectivity index is 0.000000193. The molecule has 2 fully saturated rings. The number of hydrogen-bond donors (Lipinski definition) is 1. The maximum absolute atomic E-state index is 12.0. The molecule has 1 N–H and O–H groups in total. The van der Waals surface area contributed by atoms with Crippen LogP contribution in [0.4, 0.5) is 0 Å². The van der Waals surface area contributed by atoms with Crippen molar-refractivity contribution >= 4 is 27.5 Å². The molecule has 0 spiro atoms. The molecule has 3 aliphatic rings. The quantitative estimate of drug-likeness (QED) is 0.129. The molecular formula is C38H44IrNO2-. The van der Waals surface area contributed by atoms with Gasteiger partial charge in [-0.1, -0.05) is 93.8 Å². The minimum atomic E-state index is 0. The van der Waals surface area contributed by atoms with E-state index in [4.69, 9.17) is 4.98 Å². The van der Waals surface area contributed by atoms with Crippen LogP contribution in [0, 0.1) is 17.9 Å². The molecule has 2 saturated carbocycles. The van der Waals surface area contributed by atoms with E-state index in [1.165, 1.54) is 78.7 Å². The van der Waals surface area contributed by atoms with Crippen molar-refractivity contribution in [3.05, 3.63) is 89.7 Å². The molecule has 0 bridgehead atoms. The van der Waals surface area contributed by atoms with Crippen LogP contribution in [0.25, 0.3) is 32.9 Å². The van der Waals surface area contributed by atoms with Crippen LogP contribution >= 0.6 is 0 Å². The number of hydrogen-bond acceptors (Lipinski definition) is 3. The first-order valence-electron chi connectivity index (χ1n) is 15.4. The van der Waals surface area contributed by atoms with Crippen molar-refractivity contribution in [2.45, 2.75) is 90.9 Å². The van der Waals surface area contributed by atoms with E-state index in [1.54, 1.807) is 6.08 Å². The van der Waals surface area contributed by atoms with E-state index in [1.807, 2.05) is 6.07 Å². The second-order valence-electron chi connectivity index (χ2n) is 11.9. The number of aromatic nitrogens is 1. The summed E-state index contributed by atoms with van der Waals surface area (Å²) >= 11 is 0. The van der Waals surface area contributed by atoms with Gasteiger partial charge in [0.25, 0.3) is 0 Å². The van der Waals surface area contributed by atoms with Crippen molar-refractivity contribution in [1.82, 2.24) is 4.98 Å². The van der Waals surface area contributed by atoms with Crippen LogP contribution in [0.15, 0.2) is 72.5 Å². The van der Waals surface area contributed by atoms with Gasteiger partial charge in [0.1, 0.15) is 0 Å². The molecule has 1 aromatic heterocycles. The number of benzene rings is 3. The summed E-state index contributed by atoms with van der Waals surface area (Å²) in [6, 6.07) is 24.8. The average Bonchev–Trinajstić information content (AvgIpc) is 3.02. The molecular weight excluding hydrogens is 695 g/mol. The van der Waals surface area contributed by atoms with Crippen molar-refractivity contribution in [2.75, 3.05) is 0 Å². The first-order chi connectivity index (χ1) is 19.7. The number of carbonyl (C=O) groups is 1. The van der Waals surface area contributed by atoms with Gasteiger partial charge >= 0.3 is 0 Å². The molecule has 42 heavy (non-hydrogen) atoms. The first kappa shape index (κ1) is 32.1. The van der Waals surface area contributed by atoms with Gasteiger partial charge in [-0.2, -0.15) is 0 Å². The second-order valence-corrected chi connectivity index (χ2v) is 11.9. The Morgan fingerprint density at radius 2 is 1.50 bits per heavy atom. The fourth-order valence-electron chi connectivity index (χ4n) is 6.99. The van der Waals surface area contributed by atoms with Crippen molar-refractivity contribution < 1.29 is 30.0 Å². The first-order valence-corrected chi connectivity index (χ1v) is 15.4. The molecule has 3 aromatic carbocycles. The molecule has 223 valence electrons. The zero-order valence-electron chi connectivity index (χ0n) is 23.8. The van der Waals surface area contributed by atoms with Gasteiger partial charge in [0, 0.05) is 43.4 Å². The average molecular weight is 739 g/mol. The summed E-state index contributed by atoms with van der Waals surface area (Å²) in [5.41, 5.74) is 6.16. The van der Waals surface area contributed by atoms with E-state index in [-0.39, 0.29) is 45.2 Å². The molecule has 0 saturated heterocycles. The Morgan fingerprint density at radius 1 is 0.810 bits per heavy atom. The molecule has 0 unspecified atom stereocenters. The van der Waals surface area contributed by atoms with Crippen molar-refractivity contribution in [2.24, 2.45) is 11.8 Å². The third kappa shape index (κ3) is 7.21. The van der Waals surface area contributed by atoms with E-state index >= 15 is 0 Å². The monoisotopic (exact) mass is 739 g/mol. The number of allylic oxidation sites excluding steroid dienone is 2. The van der Waals surface area contributed by atoms with Crippen LogP contribution < -0.4 is 0 Å². The number of carbonyl (C=O) groups excluding carboxylic acids is 1. The van der Waals surface area contributed by atoms with E-state index in [0.717, 1.165) is 48.9 Å². The van der Waals surface area contributed by atoms with Crippen LogP contribution in [-0.4, -0.2) is 15.9 Å². The Morgan fingerprint density at radius 3 is 2.26 bits per heavy atom. The van der Waals surface area contributed by atoms with E-state index in [9.17, 15) is 9.90 Å². The van der Waals surface area contributed by atoms with E-state index in [2.05, 4.69) is 60.7 Å². The topological polar surface area (TPSA) is 50.2 Å². The predicted octanol–water partition coefficient (Wildman–Crippen LogP) is 10.1. The van der Waals surface area contributed by atoms with Gasteiger partial charge in [-0.3, -0.25) is 9.78 Å². The molecule has 0 aliphatic heterocycles. The minimum absolute atomic E-state index is 0. The fourth-order valence-corrected chi connectivity index (χ4v) is 6.99. The zero-order valence-corrected chi connectivity index (χ0v) is 26.2. The summed E-state index contributed by atoms with van der Waals surface area (Å²) in [7, 11) is 0. The number of aliphatic hydroxyl groups is 1. The van der Waals surface area contributed by atoms with Gasteiger partial charge in [-0.05, 0) is 67.8 Å². The summed E-state index contributed by atoms with van der Waals surface area (Å²) in [6.07, 6.45) is 16.5. The summed E-state index contributed by atoms with van der Waals surface area (Å²) in [5.74, 6) is 0.985. The SMILES string of the molecule is C.O=C(C=C(O)C1CCCCC1)C1CCCCC1.[Ir].[c-]1ccc2ccccc2c1-c1cc2c3c(cccc3n1)CCC2. The maximum atomic E-state index is 12.0. The number of ketones is 1. The molecule has 0 amide bonds. The maximum Gasteiger partial charge on any atom is 0.162 e. The normalized spacial score (nSPS) is 17.5. The number of rotatable bonds is 4. The summed E-state index contributed by atoms with van der Waals surface area (Å²) in [6.45, 7) is 0. The summed E-state index contributed by atoms with van der Waals surface area (Å²) in [5, 5.41) is 13.9. The molecule has 4 aromatic rings. The number of aryl methyl sites for hydroxylation is 2. The minimum Gasteiger partial charge on any atom is -0.512 e. The Bertz CT molecular complexity index is 1520. The predicted molar refractivity (Wildman–Crippen MR) is 171 cm³/mol. The van der Waals surface area contributed by atoms with Gasteiger partial charge in [-0.15, -0.1) is 29.1 Å². The summed E-state index contributed by atoms with van der Waals surface area (Å²) in [4.78, 5) is 17.0. The molecule has 7 rings (SSSR count). The molecule has 4 heteroatoms. The van der Waals surface area contributed by atoms with E-state index < -0.39 is 0 Å². The molecule has 0 atom stereocenters. The second kappa shape index (κ2) is 15.1. The molecule has 1 heterocycles. The number of nitrogens with zero attached hydrogens (tertiary/aromatic N) is 1. The largest absolute Gasteiger partial charge is 0.512 e. The Kier molecular flexibility index (Phi) is 11.5. The molecule has 3 aliphatic carbocycles. The van der Waals surface area contributed by atoms with Crippen molar-refractivity contribution in [3.8, 4) is 11.3 Å². The van der Waals surface area contributed by atoms with Gasteiger partial charge in [0.05, 0.1) is 11.3 Å². The summed E-state index contributed by atoms with van der Waals surface area (Å²) < 4.78 is 0. The third-order valence-electron chi connectivity index (χ3n) is 9.19. The number of fused-ring (bicyclic) bond motifs is 1. The van der Waals surface area contributed by atoms with Crippen LogP contribution in [0.1, 0.15) is 89.2 Å². The Hall–Kier alpha value is -2.81. The van der Waals surface area contributed by atoms with Crippen molar-refractivity contribution in [1.29, 1.82) is 0 Å². The van der Waals surface area contributed by atoms with Crippen LogP contribution in [0.3, 0.4) is 0 Å². The third-order valence-corrected chi connectivity index (χ3v) is 9.19. The van der Waals surface area contributed by atoms with Crippen LogP contribution in [0.5, 0.6) is 0 Å². The van der Waals surface area contributed by atoms with Gasteiger partial charge < -0.3 is 5.11 Å². The van der Waals surface area contributed by atoms with E-state index in [0.29, 0.717) is 5.76 Å². The smallest absolute Gasteiger partial charge is 0.162 e. The molecule has 1 radical (unpaired) electrons. The molecule has 3 nitrogen and oxygen atoms in total. The van der Waals surface area contributed by atoms with Crippen molar-refractivity contribution in [3.63, 3.8) is 0 Å². The van der Waals surface area contributed by atoms with Gasteiger partial charge in [0.2, 0.25) is 0 Å². The standard InChI is InChI=1S/C22H16N.C15H24O2.CH4.Ir/c1-2-11-18-15(6-1)7-4-12-19(18)21-14-17-10-3-8-16-9-5-13-20(23-21)22(16)17;16-14(12-7-3-1-4-8-12)11-15(17)13-9-5-2-6-10-13;;/h1-2,4-7,9,11,13-14H,3,8,10H2;11-13,16H,1-10H2;1H4;/q-1;;;. The van der Waals surface area contributed by atoms with Gasteiger partial charge in [-0.25, -0.2) is 0 Å². The van der Waals surface area contributed by atoms with Crippen LogP contribution in [-0.2, 0) is 37.7 Å². The fraction of sp³-hybridized carbons (Fsp3) is 0.421.